The van der Waals surface area contributed by atoms with Gasteiger partial charge in [0.2, 0.25) is 0 Å². The van der Waals surface area contributed by atoms with Crippen molar-refractivity contribution < 1.29 is 9.90 Å². The van der Waals surface area contributed by atoms with Gasteiger partial charge in [-0.05, 0) is 42.5 Å². The van der Waals surface area contributed by atoms with Crippen molar-refractivity contribution in [2.75, 3.05) is 0 Å². The summed E-state index contributed by atoms with van der Waals surface area (Å²) in [4.78, 5) is 12.2. The van der Waals surface area contributed by atoms with Crippen LogP contribution in [-0.4, -0.2) is 23.2 Å². The Morgan fingerprint density at radius 2 is 1.62 bits per heavy atom. The number of aliphatic hydroxyl groups is 1. The highest BCUT2D eigenvalue weighted by Gasteiger charge is 2.24. The minimum absolute atomic E-state index is 0.0614. The average molecular weight is 281 g/mol. The number of hydrogen-bond acceptors (Lipinski definition) is 2. The second-order valence-corrected chi connectivity index (χ2v) is 5.58. The Bertz CT molecular complexity index is 607. The fraction of sp³-hybridized carbons (Fsp3) is 0.278. The molecule has 0 saturated heterocycles. The van der Waals surface area contributed by atoms with E-state index in [1.165, 1.54) is 0 Å². The summed E-state index contributed by atoms with van der Waals surface area (Å²) in [6.45, 7) is 0. The van der Waals surface area contributed by atoms with Crippen LogP contribution in [0.4, 0.5) is 0 Å². The smallest absolute Gasteiger partial charge is 0.251 e. The van der Waals surface area contributed by atoms with Gasteiger partial charge in [0.15, 0.2) is 0 Å². The molecule has 0 unspecified atom stereocenters. The number of carbonyl (C=O) groups is 1. The topological polar surface area (TPSA) is 49.3 Å². The van der Waals surface area contributed by atoms with Gasteiger partial charge in [0.1, 0.15) is 0 Å². The normalized spacial score (nSPS) is 21.2. The maximum absolute atomic E-state index is 12.2. The van der Waals surface area contributed by atoms with Gasteiger partial charge in [0.25, 0.3) is 5.91 Å². The van der Waals surface area contributed by atoms with Gasteiger partial charge in [-0.3, -0.25) is 4.79 Å². The molecule has 1 amide bonds. The Labute approximate surface area is 124 Å². The van der Waals surface area contributed by atoms with E-state index in [-0.39, 0.29) is 18.1 Å². The maximum atomic E-state index is 12.2. The van der Waals surface area contributed by atoms with Gasteiger partial charge in [-0.15, -0.1) is 0 Å². The average Bonchev–Trinajstić information content (AvgIpc) is 2.93. The van der Waals surface area contributed by atoms with E-state index in [4.69, 9.17) is 0 Å². The number of hydrogen-bond donors (Lipinski definition) is 2. The molecular weight excluding hydrogens is 262 g/mol. The molecular formula is C18H19NO2. The lowest BCUT2D eigenvalue weighted by molar-refractivity contribution is 0.0934. The fourth-order valence-corrected chi connectivity index (χ4v) is 2.80. The molecule has 0 aliphatic heterocycles. The number of rotatable bonds is 3. The number of aliphatic hydroxyl groups excluding tert-OH is 1. The maximum Gasteiger partial charge on any atom is 0.251 e. The predicted molar refractivity (Wildman–Crippen MR) is 83.0 cm³/mol. The molecule has 2 N–H and O–H groups in total. The Balaban J connectivity index is 1.68. The zero-order chi connectivity index (χ0) is 14.7. The van der Waals surface area contributed by atoms with E-state index in [1.807, 2.05) is 42.5 Å². The molecule has 3 rings (SSSR count). The molecule has 1 saturated carbocycles. The second-order valence-electron chi connectivity index (χ2n) is 5.58. The third kappa shape index (κ3) is 3.31. The molecule has 1 aliphatic carbocycles. The highest BCUT2D eigenvalue weighted by atomic mass is 16.3. The van der Waals surface area contributed by atoms with E-state index in [1.54, 1.807) is 0 Å². The number of nitrogens with one attached hydrogen (secondary N) is 1. The summed E-state index contributed by atoms with van der Waals surface area (Å²) >= 11 is 0. The van der Waals surface area contributed by atoms with Crippen molar-refractivity contribution in [3.05, 3.63) is 60.2 Å². The van der Waals surface area contributed by atoms with Crippen LogP contribution in [-0.2, 0) is 0 Å². The van der Waals surface area contributed by atoms with Crippen LogP contribution in [0.1, 0.15) is 29.6 Å². The Morgan fingerprint density at radius 3 is 2.24 bits per heavy atom. The molecule has 21 heavy (non-hydrogen) atoms. The fourth-order valence-electron chi connectivity index (χ4n) is 2.80. The predicted octanol–water partition coefficient (Wildman–Crippen LogP) is 3.00. The van der Waals surface area contributed by atoms with E-state index in [0.717, 1.165) is 24.0 Å². The Kier molecular flexibility index (Phi) is 4.02. The Hall–Kier alpha value is -2.13. The van der Waals surface area contributed by atoms with Gasteiger partial charge in [-0.2, -0.15) is 0 Å². The third-order valence-electron chi connectivity index (χ3n) is 3.99. The first-order valence-corrected chi connectivity index (χ1v) is 7.37. The van der Waals surface area contributed by atoms with Crippen molar-refractivity contribution in [2.45, 2.75) is 31.4 Å². The van der Waals surface area contributed by atoms with Crippen LogP contribution in [0.5, 0.6) is 0 Å². The summed E-state index contributed by atoms with van der Waals surface area (Å²) in [6, 6.07) is 17.8. The van der Waals surface area contributed by atoms with Gasteiger partial charge >= 0.3 is 0 Å². The molecule has 1 aliphatic rings. The van der Waals surface area contributed by atoms with Crippen LogP contribution in [0.15, 0.2) is 54.6 Å². The van der Waals surface area contributed by atoms with E-state index < -0.39 is 0 Å². The number of amides is 1. The first-order chi connectivity index (χ1) is 10.2. The molecule has 108 valence electrons. The first kappa shape index (κ1) is 13.8. The summed E-state index contributed by atoms with van der Waals surface area (Å²) in [5.41, 5.74) is 2.91. The molecule has 1 fully saturated rings. The van der Waals surface area contributed by atoms with Crippen molar-refractivity contribution in [3.63, 3.8) is 0 Å². The van der Waals surface area contributed by atoms with Crippen molar-refractivity contribution in [1.82, 2.24) is 5.32 Å². The molecule has 0 spiro atoms. The van der Waals surface area contributed by atoms with E-state index in [0.29, 0.717) is 12.0 Å². The van der Waals surface area contributed by atoms with Crippen LogP contribution in [0, 0.1) is 0 Å². The van der Waals surface area contributed by atoms with E-state index >= 15 is 0 Å². The molecule has 2 aromatic rings. The molecule has 2 atom stereocenters. The summed E-state index contributed by atoms with van der Waals surface area (Å²) in [5, 5.41) is 12.5. The molecule has 0 heterocycles. The molecule has 3 nitrogen and oxygen atoms in total. The van der Waals surface area contributed by atoms with Crippen LogP contribution in [0.25, 0.3) is 11.1 Å². The van der Waals surface area contributed by atoms with Crippen LogP contribution >= 0.6 is 0 Å². The number of benzene rings is 2. The second kappa shape index (κ2) is 6.10. The van der Waals surface area contributed by atoms with Crippen molar-refractivity contribution in [1.29, 1.82) is 0 Å². The van der Waals surface area contributed by atoms with Crippen molar-refractivity contribution >= 4 is 5.91 Å². The monoisotopic (exact) mass is 281 g/mol. The largest absolute Gasteiger partial charge is 0.393 e. The van der Waals surface area contributed by atoms with E-state index in [9.17, 15) is 9.90 Å². The van der Waals surface area contributed by atoms with Gasteiger partial charge < -0.3 is 10.4 Å². The molecule has 0 radical (unpaired) electrons. The summed E-state index contributed by atoms with van der Waals surface area (Å²) in [7, 11) is 0. The lowest BCUT2D eigenvalue weighted by atomic mass is 10.0. The Morgan fingerprint density at radius 1 is 0.952 bits per heavy atom. The highest BCUT2D eigenvalue weighted by Crippen LogP contribution is 2.21. The van der Waals surface area contributed by atoms with Crippen LogP contribution in [0.2, 0.25) is 0 Å². The quantitative estimate of drug-likeness (QED) is 0.908. The van der Waals surface area contributed by atoms with Crippen molar-refractivity contribution in [2.24, 2.45) is 0 Å². The third-order valence-corrected chi connectivity index (χ3v) is 3.99. The van der Waals surface area contributed by atoms with Gasteiger partial charge in [-0.25, -0.2) is 0 Å². The number of carbonyl (C=O) groups excluding carboxylic acids is 1. The highest BCUT2D eigenvalue weighted by molar-refractivity contribution is 5.94. The summed E-state index contributed by atoms with van der Waals surface area (Å²) in [5.74, 6) is -0.0614. The molecule has 2 aromatic carbocycles. The lowest BCUT2D eigenvalue weighted by Crippen LogP contribution is -2.33. The van der Waals surface area contributed by atoms with Gasteiger partial charge in [0, 0.05) is 11.6 Å². The van der Waals surface area contributed by atoms with Gasteiger partial charge in [-0.1, -0.05) is 42.5 Å². The minimum Gasteiger partial charge on any atom is -0.393 e. The zero-order valence-corrected chi connectivity index (χ0v) is 11.8. The van der Waals surface area contributed by atoms with E-state index in [2.05, 4.69) is 17.4 Å². The summed E-state index contributed by atoms with van der Waals surface area (Å²) < 4.78 is 0. The SMILES string of the molecule is O=C(N[C@H]1CC[C@H](O)C1)c1ccc(-c2ccccc2)cc1. The molecule has 0 aromatic heterocycles. The molecule has 3 heteroatoms. The molecule has 0 bridgehead atoms. The van der Waals surface area contributed by atoms with Gasteiger partial charge in [0.05, 0.1) is 6.10 Å². The van der Waals surface area contributed by atoms with Crippen LogP contribution < -0.4 is 5.32 Å². The lowest BCUT2D eigenvalue weighted by Gasteiger charge is -2.12. The standard InChI is InChI=1S/C18H19NO2/c20-17-11-10-16(12-17)19-18(21)15-8-6-14(7-9-15)13-4-2-1-3-5-13/h1-9,16-17,20H,10-12H2,(H,19,21)/t16-,17-/m0/s1. The minimum atomic E-state index is -0.268. The van der Waals surface area contributed by atoms with Crippen LogP contribution in [0.3, 0.4) is 0 Å². The summed E-state index contributed by atoms with van der Waals surface area (Å²) in [6.07, 6.45) is 2.02. The van der Waals surface area contributed by atoms with Crippen molar-refractivity contribution in [3.8, 4) is 11.1 Å². The zero-order valence-electron chi connectivity index (χ0n) is 11.8. The first-order valence-electron chi connectivity index (χ1n) is 7.37.